The first-order chi connectivity index (χ1) is 14.4. The molecule has 0 heterocycles. The molecule has 3 aromatic rings. The molecule has 0 saturated heterocycles. The lowest BCUT2D eigenvalue weighted by Crippen LogP contribution is -2.13. The fourth-order valence-corrected chi connectivity index (χ4v) is 3.69. The van der Waals surface area contributed by atoms with Crippen LogP contribution in [0.15, 0.2) is 72.3 Å². The summed E-state index contributed by atoms with van der Waals surface area (Å²) < 4.78 is 7.97. The van der Waals surface area contributed by atoms with Gasteiger partial charge in [-0.1, -0.05) is 29.8 Å². The first-order valence-corrected chi connectivity index (χ1v) is 11.3. The Labute approximate surface area is 207 Å². The molecule has 30 heavy (non-hydrogen) atoms. The number of carbonyl (C=O) groups is 1. The predicted octanol–water partition coefficient (Wildman–Crippen LogP) is 6.67. The Hall–Kier alpha value is -2.09. The number of amides is 1. The van der Waals surface area contributed by atoms with Crippen molar-refractivity contribution < 1.29 is 9.53 Å². The Morgan fingerprint density at radius 1 is 1.07 bits per heavy atom. The van der Waals surface area contributed by atoms with Crippen molar-refractivity contribution in [2.24, 2.45) is 0 Å². The van der Waals surface area contributed by atoms with Crippen LogP contribution in [0.2, 0.25) is 5.02 Å². The second kappa shape index (κ2) is 10.8. The molecule has 0 aromatic heterocycles. The van der Waals surface area contributed by atoms with Crippen molar-refractivity contribution in [3.05, 3.63) is 95.6 Å². The van der Waals surface area contributed by atoms with E-state index in [0.717, 1.165) is 20.4 Å². The highest BCUT2D eigenvalue weighted by Gasteiger charge is 2.10. The molecule has 0 aliphatic carbocycles. The zero-order valence-corrected chi connectivity index (χ0v) is 20.6. The van der Waals surface area contributed by atoms with Crippen molar-refractivity contribution in [3.8, 4) is 11.8 Å². The topological polar surface area (TPSA) is 62.1 Å². The van der Waals surface area contributed by atoms with Crippen LogP contribution in [0.3, 0.4) is 0 Å². The third kappa shape index (κ3) is 6.45. The van der Waals surface area contributed by atoms with Gasteiger partial charge in [-0.05, 0) is 111 Å². The summed E-state index contributed by atoms with van der Waals surface area (Å²) in [5.74, 6) is 0.268. The third-order valence-electron chi connectivity index (χ3n) is 4.04. The van der Waals surface area contributed by atoms with E-state index in [4.69, 9.17) is 16.3 Å². The summed E-state index contributed by atoms with van der Waals surface area (Å²) in [7, 11) is 0. The van der Waals surface area contributed by atoms with Gasteiger partial charge in [0.2, 0.25) is 0 Å². The summed E-state index contributed by atoms with van der Waals surface area (Å²) in [4.78, 5) is 12.4. The minimum absolute atomic E-state index is 0.00769. The number of nitrogens with one attached hydrogen (secondary N) is 1. The maximum Gasteiger partial charge on any atom is 0.266 e. The van der Waals surface area contributed by atoms with Crippen molar-refractivity contribution in [1.82, 2.24) is 0 Å². The number of nitriles is 1. The minimum atomic E-state index is -0.478. The third-order valence-corrected chi connectivity index (χ3v) is 5.86. The second-order valence-corrected chi connectivity index (χ2v) is 9.08. The summed E-state index contributed by atoms with van der Waals surface area (Å²) in [5.41, 5.74) is 2.40. The standard InChI is InChI=1S/C23H15ClI2N2O2/c24-18-4-8-20(9-5-18)28-23(29)17(13-27)11-16-3-10-22(21(26)12-16)30-14-15-1-6-19(25)7-2-15/h1-12H,14H2,(H,28,29)/b17-11-. The van der Waals surface area contributed by atoms with E-state index in [1.54, 1.807) is 30.3 Å². The summed E-state index contributed by atoms with van der Waals surface area (Å²) >= 11 is 10.3. The van der Waals surface area contributed by atoms with Crippen LogP contribution < -0.4 is 10.1 Å². The number of hydrogen-bond acceptors (Lipinski definition) is 3. The molecule has 0 bridgehead atoms. The van der Waals surface area contributed by atoms with Crippen LogP contribution >= 0.6 is 56.8 Å². The van der Waals surface area contributed by atoms with E-state index in [0.29, 0.717) is 17.3 Å². The highest BCUT2D eigenvalue weighted by molar-refractivity contribution is 14.1. The van der Waals surface area contributed by atoms with Crippen LogP contribution in [0.5, 0.6) is 5.75 Å². The van der Waals surface area contributed by atoms with Gasteiger partial charge in [-0.25, -0.2) is 0 Å². The molecule has 1 N–H and O–H groups in total. The molecule has 0 atom stereocenters. The quantitative estimate of drug-likeness (QED) is 0.186. The maximum absolute atomic E-state index is 12.4. The van der Waals surface area contributed by atoms with Crippen LogP contribution in [0.1, 0.15) is 11.1 Å². The summed E-state index contributed by atoms with van der Waals surface area (Å²) in [6, 6.07) is 22.3. The number of benzene rings is 3. The normalized spacial score (nSPS) is 10.9. The Balaban J connectivity index is 1.69. The molecule has 0 fully saturated rings. The number of ether oxygens (including phenoxy) is 1. The van der Waals surface area contributed by atoms with E-state index in [9.17, 15) is 10.1 Å². The predicted molar refractivity (Wildman–Crippen MR) is 136 cm³/mol. The van der Waals surface area contributed by atoms with Crippen molar-refractivity contribution in [2.45, 2.75) is 6.61 Å². The van der Waals surface area contributed by atoms with Gasteiger partial charge in [0.1, 0.15) is 24.0 Å². The van der Waals surface area contributed by atoms with Gasteiger partial charge in [0, 0.05) is 14.3 Å². The van der Waals surface area contributed by atoms with Crippen molar-refractivity contribution in [2.75, 3.05) is 5.32 Å². The fourth-order valence-electron chi connectivity index (χ4n) is 2.51. The zero-order valence-electron chi connectivity index (χ0n) is 15.5. The molecular weight excluding hydrogens is 626 g/mol. The molecule has 0 saturated carbocycles. The van der Waals surface area contributed by atoms with Gasteiger partial charge in [-0.2, -0.15) is 5.26 Å². The smallest absolute Gasteiger partial charge is 0.266 e. The van der Waals surface area contributed by atoms with Gasteiger partial charge in [0.05, 0.1) is 3.57 Å². The lowest BCUT2D eigenvalue weighted by molar-refractivity contribution is -0.112. The van der Waals surface area contributed by atoms with Gasteiger partial charge in [-0.15, -0.1) is 0 Å². The Morgan fingerprint density at radius 3 is 2.40 bits per heavy atom. The summed E-state index contributed by atoms with van der Waals surface area (Å²) in [5, 5.41) is 12.7. The number of hydrogen-bond donors (Lipinski definition) is 1. The average Bonchev–Trinajstić information content (AvgIpc) is 2.74. The van der Waals surface area contributed by atoms with E-state index in [1.807, 2.05) is 48.5 Å². The molecule has 3 aromatic carbocycles. The first-order valence-electron chi connectivity index (χ1n) is 8.80. The molecule has 1 amide bonds. The van der Waals surface area contributed by atoms with E-state index in [-0.39, 0.29) is 5.57 Å². The highest BCUT2D eigenvalue weighted by atomic mass is 127. The Kier molecular flexibility index (Phi) is 8.13. The summed E-state index contributed by atoms with van der Waals surface area (Å²) in [6.07, 6.45) is 1.55. The van der Waals surface area contributed by atoms with Gasteiger partial charge < -0.3 is 10.1 Å². The molecule has 0 aliphatic heterocycles. The lowest BCUT2D eigenvalue weighted by atomic mass is 10.1. The Morgan fingerprint density at radius 2 is 1.77 bits per heavy atom. The molecule has 0 spiro atoms. The van der Waals surface area contributed by atoms with Crippen LogP contribution in [-0.4, -0.2) is 5.91 Å². The van der Waals surface area contributed by atoms with Crippen molar-refractivity contribution >= 4 is 74.5 Å². The largest absolute Gasteiger partial charge is 0.488 e. The highest BCUT2D eigenvalue weighted by Crippen LogP contribution is 2.25. The maximum atomic E-state index is 12.4. The van der Waals surface area contributed by atoms with Gasteiger partial charge in [0.25, 0.3) is 5.91 Å². The monoisotopic (exact) mass is 640 g/mol. The van der Waals surface area contributed by atoms with Gasteiger partial charge in [-0.3, -0.25) is 4.79 Å². The number of rotatable bonds is 6. The second-order valence-electron chi connectivity index (χ2n) is 6.24. The average molecular weight is 641 g/mol. The summed E-state index contributed by atoms with van der Waals surface area (Å²) in [6.45, 7) is 0.467. The fraction of sp³-hybridized carbons (Fsp3) is 0.0435. The minimum Gasteiger partial charge on any atom is -0.488 e. The first kappa shape index (κ1) is 22.6. The van der Waals surface area contributed by atoms with Gasteiger partial charge in [0.15, 0.2) is 0 Å². The van der Waals surface area contributed by atoms with Crippen molar-refractivity contribution in [3.63, 3.8) is 0 Å². The van der Waals surface area contributed by atoms with Crippen LogP contribution in [0, 0.1) is 18.5 Å². The number of nitrogens with zero attached hydrogens (tertiary/aromatic N) is 1. The van der Waals surface area contributed by atoms with Crippen LogP contribution in [0.25, 0.3) is 6.08 Å². The van der Waals surface area contributed by atoms with E-state index < -0.39 is 5.91 Å². The molecule has 0 aliphatic rings. The van der Waals surface area contributed by atoms with E-state index >= 15 is 0 Å². The molecule has 150 valence electrons. The number of anilines is 1. The van der Waals surface area contributed by atoms with Crippen LogP contribution in [-0.2, 0) is 11.4 Å². The van der Waals surface area contributed by atoms with Crippen molar-refractivity contribution in [1.29, 1.82) is 5.26 Å². The lowest BCUT2D eigenvalue weighted by Gasteiger charge is -2.09. The number of carbonyl (C=O) groups excluding carboxylic acids is 1. The van der Waals surface area contributed by atoms with Crippen LogP contribution in [0.4, 0.5) is 5.69 Å². The molecule has 3 rings (SSSR count). The van der Waals surface area contributed by atoms with E-state index in [2.05, 4.69) is 50.5 Å². The molecule has 0 unspecified atom stereocenters. The molecular formula is C23H15ClI2N2O2. The zero-order chi connectivity index (χ0) is 21.5. The molecule has 4 nitrogen and oxygen atoms in total. The van der Waals surface area contributed by atoms with E-state index in [1.165, 1.54) is 3.57 Å². The van der Waals surface area contributed by atoms with Gasteiger partial charge >= 0.3 is 0 Å². The molecule has 7 heteroatoms. The Bertz CT molecular complexity index is 1120. The molecule has 0 radical (unpaired) electrons. The number of halogens is 3. The SMILES string of the molecule is N#C/C(=C/c1ccc(OCc2ccc(I)cc2)c(I)c1)C(=O)Nc1ccc(Cl)cc1.